The molecule has 1 amide bonds. The lowest BCUT2D eigenvalue weighted by Crippen LogP contribution is -2.38. The van der Waals surface area contributed by atoms with Crippen LogP contribution in [0.15, 0.2) is 41.6 Å². The molecular weight excluding hydrogens is 461 g/mol. The SMILES string of the molecule is CCOc1cc(C2CC(=O)NC3=C2C(=O)CC(c2ccc(Cl)c(Cl)c2)C3)cc(Cl)c1O. The summed E-state index contributed by atoms with van der Waals surface area (Å²) in [7, 11) is 0. The van der Waals surface area contributed by atoms with Gasteiger partial charge in [-0.15, -0.1) is 0 Å². The molecule has 0 saturated heterocycles. The van der Waals surface area contributed by atoms with Crippen molar-refractivity contribution in [2.45, 2.75) is 38.0 Å². The third-order valence-corrected chi connectivity index (χ3v) is 6.73. The first kappa shape index (κ1) is 22.0. The Hall–Kier alpha value is -2.21. The molecule has 1 heterocycles. The molecule has 0 spiro atoms. The Morgan fingerprint density at radius 3 is 2.45 bits per heavy atom. The lowest BCUT2D eigenvalue weighted by atomic mass is 9.73. The van der Waals surface area contributed by atoms with Gasteiger partial charge in [0, 0.05) is 30.0 Å². The van der Waals surface area contributed by atoms with E-state index >= 15 is 0 Å². The van der Waals surface area contributed by atoms with E-state index in [9.17, 15) is 14.7 Å². The van der Waals surface area contributed by atoms with Gasteiger partial charge in [0.25, 0.3) is 0 Å². The lowest BCUT2D eigenvalue weighted by Gasteiger charge is -2.34. The molecule has 2 aromatic carbocycles. The van der Waals surface area contributed by atoms with Crippen LogP contribution in [-0.2, 0) is 9.59 Å². The average Bonchev–Trinajstić information content (AvgIpc) is 2.72. The highest BCUT2D eigenvalue weighted by atomic mass is 35.5. The van der Waals surface area contributed by atoms with E-state index < -0.39 is 5.92 Å². The van der Waals surface area contributed by atoms with Gasteiger partial charge in [0.15, 0.2) is 17.3 Å². The molecule has 1 aliphatic heterocycles. The van der Waals surface area contributed by atoms with Crippen molar-refractivity contribution in [2.24, 2.45) is 0 Å². The summed E-state index contributed by atoms with van der Waals surface area (Å²) in [5, 5.41) is 14.0. The number of phenols is 1. The summed E-state index contributed by atoms with van der Waals surface area (Å²) < 4.78 is 5.48. The van der Waals surface area contributed by atoms with Gasteiger partial charge in [-0.05, 0) is 54.7 Å². The average molecular weight is 481 g/mol. The number of ketones is 1. The molecule has 2 aromatic rings. The van der Waals surface area contributed by atoms with Crippen LogP contribution in [0, 0.1) is 0 Å². The molecule has 0 saturated carbocycles. The summed E-state index contributed by atoms with van der Waals surface area (Å²) >= 11 is 18.4. The fourth-order valence-electron chi connectivity index (χ4n) is 4.31. The number of hydrogen-bond donors (Lipinski definition) is 2. The summed E-state index contributed by atoms with van der Waals surface area (Å²) in [5.74, 6) is -0.699. The number of carbonyl (C=O) groups excluding carboxylic acids is 2. The molecule has 5 nitrogen and oxygen atoms in total. The van der Waals surface area contributed by atoms with Crippen LogP contribution in [0.5, 0.6) is 11.5 Å². The van der Waals surface area contributed by atoms with Crippen molar-refractivity contribution in [1.82, 2.24) is 5.32 Å². The molecule has 2 aliphatic rings. The highest BCUT2D eigenvalue weighted by molar-refractivity contribution is 6.42. The molecule has 31 heavy (non-hydrogen) atoms. The fourth-order valence-corrected chi connectivity index (χ4v) is 4.83. The summed E-state index contributed by atoms with van der Waals surface area (Å²) in [4.78, 5) is 25.7. The van der Waals surface area contributed by atoms with Crippen LogP contribution in [-0.4, -0.2) is 23.4 Å². The number of rotatable bonds is 4. The van der Waals surface area contributed by atoms with Crippen molar-refractivity contribution >= 4 is 46.5 Å². The number of halogens is 3. The van der Waals surface area contributed by atoms with Crippen molar-refractivity contribution in [3.05, 3.63) is 67.8 Å². The quantitative estimate of drug-likeness (QED) is 0.584. The maximum absolute atomic E-state index is 13.2. The Labute approximate surface area is 194 Å². The first-order chi connectivity index (χ1) is 14.8. The maximum Gasteiger partial charge on any atom is 0.225 e. The van der Waals surface area contributed by atoms with E-state index in [0.29, 0.717) is 46.3 Å². The first-order valence-electron chi connectivity index (χ1n) is 9.94. The van der Waals surface area contributed by atoms with E-state index in [4.69, 9.17) is 39.5 Å². The summed E-state index contributed by atoms with van der Waals surface area (Å²) in [6.07, 6.45) is 0.924. The maximum atomic E-state index is 13.2. The van der Waals surface area contributed by atoms with Crippen LogP contribution in [0.1, 0.15) is 49.1 Å². The second-order valence-corrected chi connectivity index (χ2v) is 8.90. The third-order valence-electron chi connectivity index (χ3n) is 5.70. The Morgan fingerprint density at radius 2 is 1.74 bits per heavy atom. The van der Waals surface area contributed by atoms with Crippen molar-refractivity contribution in [3.63, 3.8) is 0 Å². The zero-order valence-corrected chi connectivity index (χ0v) is 18.9. The predicted molar refractivity (Wildman–Crippen MR) is 120 cm³/mol. The van der Waals surface area contributed by atoms with Crippen LogP contribution in [0.4, 0.5) is 0 Å². The Kier molecular flexibility index (Phi) is 6.20. The van der Waals surface area contributed by atoms with Crippen LogP contribution < -0.4 is 10.1 Å². The van der Waals surface area contributed by atoms with Gasteiger partial charge >= 0.3 is 0 Å². The van der Waals surface area contributed by atoms with Gasteiger partial charge in [0.1, 0.15) is 0 Å². The van der Waals surface area contributed by atoms with Crippen molar-refractivity contribution in [3.8, 4) is 11.5 Å². The molecule has 2 N–H and O–H groups in total. The number of ether oxygens (including phenoxy) is 1. The van der Waals surface area contributed by atoms with Crippen LogP contribution in [0.2, 0.25) is 15.1 Å². The van der Waals surface area contributed by atoms with E-state index in [2.05, 4.69) is 5.32 Å². The minimum atomic E-state index is -0.455. The fraction of sp³-hybridized carbons (Fsp3) is 0.304. The van der Waals surface area contributed by atoms with Gasteiger partial charge < -0.3 is 15.2 Å². The zero-order valence-electron chi connectivity index (χ0n) is 16.7. The largest absolute Gasteiger partial charge is 0.503 e. The van der Waals surface area contributed by atoms with Gasteiger partial charge in [-0.25, -0.2) is 0 Å². The summed E-state index contributed by atoms with van der Waals surface area (Å²) in [5.41, 5.74) is 2.77. The number of phenolic OH excluding ortho intramolecular Hbond substituents is 1. The van der Waals surface area contributed by atoms with E-state index in [-0.39, 0.29) is 40.6 Å². The van der Waals surface area contributed by atoms with Gasteiger partial charge in [-0.2, -0.15) is 0 Å². The van der Waals surface area contributed by atoms with Gasteiger partial charge in [-0.3, -0.25) is 9.59 Å². The van der Waals surface area contributed by atoms with Gasteiger partial charge in [-0.1, -0.05) is 40.9 Å². The topological polar surface area (TPSA) is 75.6 Å². The number of aromatic hydroxyl groups is 1. The summed E-state index contributed by atoms with van der Waals surface area (Å²) in [6, 6.07) is 8.57. The Morgan fingerprint density at radius 1 is 1.00 bits per heavy atom. The minimum absolute atomic E-state index is 0.0375. The number of benzene rings is 2. The lowest BCUT2D eigenvalue weighted by molar-refractivity contribution is -0.122. The minimum Gasteiger partial charge on any atom is -0.503 e. The summed E-state index contributed by atoms with van der Waals surface area (Å²) in [6.45, 7) is 2.14. The van der Waals surface area contributed by atoms with Crippen LogP contribution in [0.25, 0.3) is 0 Å². The zero-order chi connectivity index (χ0) is 22.3. The van der Waals surface area contributed by atoms with Crippen molar-refractivity contribution in [1.29, 1.82) is 0 Å². The normalized spacial score (nSPS) is 21.0. The molecule has 1 aliphatic carbocycles. The van der Waals surface area contributed by atoms with E-state index in [0.717, 1.165) is 5.56 Å². The van der Waals surface area contributed by atoms with Crippen LogP contribution >= 0.6 is 34.8 Å². The number of allylic oxidation sites excluding steroid dienone is 2. The Bertz CT molecular complexity index is 1110. The molecule has 4 rings (SSSR count). The first-order valence-corrected chi connectivity index (χ1v) is 11.1. The smallest absolute Gasteiger partial charge is 0.225 e. The number of Topliss-reactive ketones (excluding diaryl/α,β-unsaturated/α-hetero) is 1. The van der Waals surface area contributed by atoms with E-state index in [1.807, 2.05) is 6.07 Å². The molecular formula is C23H20Cl3NO4. The van der Waals surface area contributed by atoms with Crippen molar-refractivity contribution in [2.75, 3.05) is 6.61 Å². The molecule has 162 valence electrons. The monoisotopic (exact) mass is 479 g/mol. The molecule has 0 fully saturated rings. The number of amides is 1. The predicted octanol–water partition coefficient (Wildman–Crippen LogP) is 5.76. The third kappa shape index (κ3) is 4.27. The number of carbonyl (C=O) groups is 2. The molecule has 2 unspecified atom stereocenters. The van der Waals surface area contributed by atoms with Crippen LogP contribution in [0.3, 0.4) is 0 Å². The molecule has 8 heteroatoms. The number of nitrogens with one attached hydrogen (secondary N) is 1. The van der Waals surface area contributed by atoms with Gasteiger partial charge in [0.2, 0.25) is 5.91 Å². The second-order valence-electron chi connectivity index (χ2n) is 7.68. The molecule has 2 atom stereocenters. The second kappa shape index (κ2) is 8.73. The van der Waals surface area contributed by atoms with Gasteiger partial charge in [0.05, 0.1) is 21.7 Å². The number of hydrogen-bond acceptors (Lipinski definition) is 4. The van der Waals surface area contributed by atoms with E-state index in [1.54, 1.807) is 31.2 Å². The Balaban J connectivity index is 1.73. The van der Waals surface area contributed by atoms with Crippen molar-refractivity contribution < 1.29 is 19.4 Å². The standard InChI is InChI=1S/C23H20Cl3NO4/c1-2-31-20-9-13(6-17(26)23(20)30)14-10-21(29)27-18-7-12(8-19(28)22(14)18)11-3-4-15(24)16(25)5-11/h3-6,9,12,14,30H,2,7-8,10H2,1H3,(H,27,29). The van der Waals surface area contributed by atoms with E-state index in [1.165, 1.54) is 0 Å². The molecule has 0 aromatic heterocycles. The molecule has 0 radical (unpaired) electrons. The molecule has 0 bridgehead atoms. The highest BCUT2D eigenvalue weighted by Crippen LogP contribution is 2.46. The highest BCUT2D eigenvalue weighted by Gasteiger charge is 2.38.